The van der Waals surface area contributed by atoms with E-state index in [0.717, 1.165) is 0 Å². The quantitative estimate of drug-likeness (QED) is 0.369. The van der Waals surface area contributed by atoms with Gasteiger partial charge in [-0.1, -0.05) is 0 Å². The maximum atomic E-state index is 11.1. The minimum Gasteiger partial charge on any atom is -0.394 e. The molecule has 0 spiro atoms. The average molecular weight is 281 g/mol. The lowest BCUT2D eigenvalue weighted by molar-refractivity contribution is -0.268. The Balaban J connectivity index is 2.76. The molecule has 0 radical (unpaired) electrons. The molecule has 1 amide bonds. The minimum atomic E-state index is -1.29. The Hall–Kier alpha value is -0.380. The largest absolute Gasteiger partial charge is 0.394 e. The summed E-state index contributed by atoms with van der Waals surface area (Å²) in [4.78, 5) is 11.1. The van der Waals surface area contributed by atoms with Gasteiger partial charge in [-0.2, -0.15) is 12.6 Å². The van der Waals surface area contributed by atoms with Crippen LogP contribution in [0.25, 0.3) is 0 Å². The van der Waals surface area contributed by atoms with Crippen LogP contribution in [0.1, 0.15) is 6.92 Å². The molecule has 1 fully saturated rings. The topological polar surface area (TPSA) is 108 Å². The summed E-state index contributed by atoms with van der Waals surface area (Å²) in [5, 5.41) is 31.1. The average Bonchev–Trinajstić information content (AvgIpc) is 2.33. The Morgan fingerprint density at radius 3 is 2.61 bits per heavy atom. The van der Waals surface area contributed by atoms with Gasteiger partial charge < -0.3 is 30.1 Å². The van der Waals surface area contributed by atoms with Gasteiger partial charge in [0.2, 0.25) is 5.91 Å². The number of ether oxygens (including phenoxy) is 2. The molecule has 3 unspecified atom stereocenters. The summed E-state index contributed by atoms with van der Waals surface area (Å²) in [5.74, 6) is 0.0616. The summed E-state index contributed by atoms with van der Waals surface area (Å²) in [7, 11) is 0. The van der Waals surface area contributed by atoms with Gasteiger partial charge in [-0.15, -0.1) is 0 Å². The van der Waals surface area contributed by atoms with Crippen molar-refractivity contribution in [2.45, 2.75) is 37.6 Å². The van der Waals surface area contributed by atoms with Crippen LogP contribution >= 0.6 is 12.6 Å². The van der Waals surface area contributed by atoms with Crippen LogP contribution in [0, 0.1) is 0 Å². The summed E-state index contributed by atoms with van der Waals surface area (Å²) < 4.78 is 10.6. The molecule has 7 nitrogen and oxygen atoms in total. The molecule has 1 aliphatic rings. The molecule has 1 saturated heterocycles. The van der Waals surface area contributed by atoms with Crippen LogP contribution in [0.2, 0.25) is 0 Å². The first-order chi connectivity index (χ1) is 8.51. The lowest BCUT2D eigenvalue weighted by Crippen LogP contribution is -2.64. The summed E-state index contributed by atoms with van der Waals surface area (Å²) in [5.41, 5.74) is 0. The zero-order valence-electron chi connectivity index (χ0n) is 10.0. The number of aliphatic hydroxyl groups excluding tert-OH is 3. The van der Waals surface area contributed by atoms with Crippen molar-refractivity contribution in [2.24, 2.45) is 0 Å². The zero-order valence-corrected chi connectivity index (χ0v) is 10.9. The van der Waals surface area contributed by atoms with Crippen molar-refractivity contribution in [3.63, 3.8) is 0 Å². The molecule has 1 aliphatic heterocycles. The maximum Gasteiger partial charge on any atom is 0.217 e. The van der Waals surface area contributed by atoms with E-state index in [0.29, 0.717) is 5.75 Å². The molecule has 4 N–H and O–H groups in total. The van der Waals surface area contributed by atoms with E-state index >= 15 is 0 Å². The molecule has 0 aromatic carbocycles. The third kappa shape index (κ3) is 3.81. The number of hydrogen-bond acceptors (Lipinski definition) is 7. The highest BCUT2D eigenvalue weighted by atomic mass is 32.1. The van der Waals surface area contributed by atoms with E-state index in [2.05, 4.69) is 17.9 Å². The fraction of sp³-hybridized carbons (Fsp3) is 0.900. The van der Waals surface area contributed by atoms with Crippen LogP contribution in [0.5, 0.6) is 0 Å². The number of thiol groups is 1. The van der Waals surface area contributed by atoms with Crippen LogP contribution < -0.4 is 5.32 Å². The van der Waals surface area contributed by atoms with E-state index < -0.39 is 37.3 Å². The van der Waals surface area contributed by atoms with Gasteiger partial charge in [0.1, 0.15) is 24.4 Å². The summed E-state index contributed by atoms with van der Waals surface area (Å²) >= 11 is 3.98. The highest BCUT2D eigenvalue weighted by molar-refractivity contribution is 7.80. The van der Waals surface area contributed by atoms with Gasteiger partial charge >= 0.3 is 0 Å². The molecule has 8 heteroatoms. The Bertz CT molecular complexity index is 279. The van der Waals surface area contributed by atoms with E-state index in [1.165, 1.54) is 6.92 Å². The Morgan fingerprint density at radius 1 is 1.44 bits per heavy atom. The first-order valence-corrected chi connectivity index (χ1v) is 6.26. The van der Waals surface area contributed by atoms with E-state index in [1.54, 1.807) is 0 Å². The van der Waals surface area contributed by atoms with Crippen molar-refractivity contribution in [1.29, 1.82) is 0 Å². The molecule has 1 heterocycles. The second-order valence-corrected chi connectivity index (χ2v) is 4.47. The number of nitrogens with one attached hydrogen (secondary N) is 1. The molecule has 0 aromatic rings. The minimum absolute atomic E-state index is 0.255. The smallest absolute Gasteiger partial charge is 0.217 e. The Morgan fingerprint density at radius 2 is 2.11 bits per heavy atom. The molecule has 0 saturated carbocycles. The first kappa shape index (κ1) is 15.7. The number of rotatable bonds is 5. The van der Waals surface area contributed by atoms with Crippen molar-refractivity contribution in [3.05, 3.63) is 0 Å². The van der Waals surface area contributed by atoms with Crippen LogP contribution in [-0.4, -0.2) is 70.8 Å². The second kappa shape index (κ2) is 7.27. The van der Waals surface area contributed by atoms with Gasteiger partial charge in [0.05, 0.1) is 13.2 Å². The first-order valence-electron chi connectivity index (χ1n) is 5.63. The standard InChI is InChI=1S/C10H19NO6S/c1-5(13)11-7-9(15)8(14)6(4-12)17-10(7)16-2-3-18/h6-10,12,14-15,18H,2-4H2,1H3,(H,11,13)/t6?,7?,8?,9-,10-/m1/s1. The Labute approximate surface area is 110 Å². The summed E-state index contributed by atoms with van der Waals surface area (Å²) in [6, 6.07) is -0.889. The highest BCUT2D eigenvalue weighted by Crippen LogP contribution is 2.22. The molecular weight excluding hydrogens is 262 g/mol. The van der Waals surface area contributed by atoms with E-state index in [1.807, 2.05) is 0 Å². The zero-order chi connectivity index (χ0) is 13.7. The number of carbonyl (C=O) groups is 1. The van der Waals surface area contributed by atoms with Gasteiger partial charge in [-0.3, -0.25) is 4.79 Å². The fourth-order valence-corrected chi connectivity index (χ4v) is 1.89. The number of carbonyl (C=O) groups excluding carboxylic acids is 1. The monoisotopic (exact) mass is 281 g/mol. The lowest BCUT2D eigenvalue weighted by atomic mass is 9.97. The van der Waals surface area contributed by atoms with Crippen molar-refractivity contribution in [3.8, 4) is 0 Å². The predicted octanol–water partition coefficient (Wildman–Crippen LogP) is -2.12. The SMILES string of the molecule is CC(=O)NC1[C@H](OCCS)OC(CO)C(O)[C@@H]1O. The van der Waals surface area contributed by atoms with E-state index in [9.17, 15) is 15.0 Å². The van der Waals surface area contributed by atoms with Crippen molar-refractivity contribution < 1.29 is 29.6 Å². The molecule has 0 aliphatic carbocycles. The molecular formula is C10H19NO6S. The van der Waals surface area contributed by atoms with Crippen molar-refractivity contribution in [2.75, 3.05) is 19.0 Å². The molecule has 5 atom stereocenters. The summed E-state index contributed by atoms with van der Waals surface area (Å²) in [6.45, 7) is 1.09. The third-order valence-electron chi connectivity index (χ3n) is 2.62. The predicted molar refractivity (Wildman–Crippen MR) is 65.2 cm³/mol. The molecule has 1 rings (SSSR count). The van der Waals surface area contributed by atoms with Crippen LogP contribution in [0.4, 0.5) is 0 Å². The second-order valence-electron chi connectivity index (χ2n) is 4.03. The molecule has 0 bridgehead atoms. The summed E-state index contributed by atoms with van der Waals surface area (Å²) in [6.07, 6.45) is -4.45. The van der Waals surface area contributed by atoms with Gasteiger partial charge in [0, 0.05) is 12.7 Å². The van der Waals surface area contributed by atoms with Crippen LogP contribution in [0.15, 0.2) is 0 Å². The van der Waals surface area contributed by atoms with Crippen LogP contribution in [0.3, 0.4) is 0 Å². The van der Waals surface area contributed by atoms with Gasteiger partial charge in [0.15, 0.2) is 6.29 Å². The Kier molecular flexibility index (Phi) is 6.33. The van der Waals surface area contributed by atoms with Gasteiger partial charge in [-0.05, 0) is 0 Å². The van der Waals surface area contributed by atoms with Gasteiger partial charge in [0.25, 0.3) is 0 Å². The van der Waals surface area contributed by atoms with Crippen molar-refractivity contribution >= 4 is 18.5 Å². The lowest BCUT2D eigenvalue weighted by Gasteiger charge is -2.42. The third-order valence-corrected chi connectivity index (χ3v) is 2.81. The highest BCUT2D eigenvalue weighted by Gasteiger charge is 2.45. The van der Waals surface area contributed by atoms with E-state index in [-0.39, 0.29) is 12.5 Å². The molecule has 106 valence electrons. The maximum absolute atomic E-state index is 11.1. The van der Waals surface area contributed by atoms with E-state index in [4.69, 9.17) is 14.6 Å². The number of amides is 1. The van der Waals surface area contributed by atoms with Gasteiger partial charge in [-0.25, -0.2) is 0 Å². The fourth-order valence-electron chi connectivity index (χ4n) is 1.78. The molecule has 0 aromatic heterocycles. The molecule has 18 heavy (non-hydrogen) atoms. The van der Waals surface area contributed by atoms with Crippen LogP contribution in [-0.2, 0) is 14.3 Å². The number of hydrogen-bond donors (Lipinski definition) is 5. The van der Waals surface area contributed by atoms with Crippen molar-refractivity contribution in [1.82, 2.24) is 5.32 Å². The normalized spacial score (nSPS) is 36.4. The number of aliphatic hydroxyl groups is 3.